The van der Waals surface area contributed by atoms with E-state index in [0.717, 1.165) is 5.56 Å². The Labute approximate surface area is 128 Å². The van der Waals surface area contributed by atoms with Gasteiger partial charge in [-0.15, -0.1) is 0 Å². The molecule has 0 amide bonds. The van der Waals surface area contributed by atoms with E-state index in [4.69, 9.17) is 22.2 Å². The minimum absolute atomic E-state index is 0.299. The van der Waals surface area contributed by atoms with E-state index >= 15 is 0 Å². The predicted molar refractivity (Wildman–Crippen MR) is 82.4 cm³/mol. The zero-order chi connectivity index (χ0) is 15.2. The Hall–Kier alpha value is -1.46. The van der Waals surface area contributed by atoms with Gasteiger partial charge in [-0.3, -0.25) is 11.3 Å². The van der Waals surface area contributed by atoms with Crippen LogP contribution in [-0.4, -0.2) is 13.2 Å². The summed E-state index contributed by atoms with van der Waals surface area (Å²) in [5.74, 6) is 5.30. The van der Waals surface area contributed by atoms with Crippen molar-refractivity contribution in [2.24, 2.45) is 5.84 Å². The molecule has 0 saturated heterocycles. The van der Waals surface area contributed by atoms with Gasteiger partial charge >= 0.3 is 0 Å². The lowest BCUT2D eigenvalue weighted by molar-refractivity contribution is 0.0676. The summed E-state index contributed by atoms with van der Waals surface area (Å²) in [5.41, 5.74) is 4.10. The molecule has 2 unspecified atom stereocenters. The Morgan fingerprint density at radius 3 is 2.48 bits per heavy atom. The van der Waals surface area contributed by atoms with Crippen LogP contribution in [0.4, 0.5) is 4.39 Å². The first-order valence-electron chi connectivity index (χ1n) is 6.64. The fourth-order valence-electron chi connectivity index (χ4n) is 2.38. The number of benzene rings is 2. The van der Waals surface area contributed by atoms with Crippen LogP contribution in [0.15, 0.2) is 48.5 Å². The second-order valence-corrected chi connectivity index (χ2v) is 5.15. The highest BCUT2D eigenvalue weighted by atomic mass is 35.5. The van der Waals surface area contributed by atoms with E-state index in [2.05, 4.69) is 5.43 Å². The van der Waals surface area contributed by atoms with Crippen LogP contribution in [0.25, 0.3) is 0 Å². The maximum Gasteiger partial charge on any atom is 0.127 e. The average Bonchev–Trinajstić information content (AvgIpc) is 2.51. The van der Waals surface area contributed by atoms with E-state index < -0.39 is 0 Å². The molecule has 0 spiro atoms. The smallest absolute Gasteiger partial charge is 0.127 e. The Morgan fingerprint density at radius 1 is 1.19 bits per heavy atom. The van der Waals surface area contributed by atoms with Gasteiger partial charge in [0.1, 0.15) is 5.82 Å². The van der Waals surface area contributed by atoms with Crippen LogP contribution in [-0.2, 0) is 11.2 Å². The summed E-state index contributed by atoms with van der Waals surface area (Å²) in [6.45, 7) is 0. The minimum Gasteiger partial charge on any atom is -0.375 e. The van der Waals surface area contributed by atoms with Gasteiger partial charge in [-0.1, -0.05) is 48.0 Å². The third-order valence-electron chi connectivity index (χ3n) is 3.45. The Bertz CT molecular complexity index is 559. The molecular formula is C16H18ClFN2O. The van der Waals surface area contributed by atoms with Gasteiger partial charge in [0.25, 0.3) is 0 Å². The van der Waals surface area contributed by atoms with Crippen LogP contribution in [0.2, 0.25) is 5.02 Å². The molecular weight excluding hydrogens is 291 g/mol. The summed E-state index contributed by atoms with van der Waals surface area (Å²) in [4.78, 5) is 0. The van der Waals surface area contributed by atoms with Gasteiger partial charge in [-0.25, -0.2) is 4.39 Å². The highest BCUT2D eigenvalue weighted by molar-refractivity contribution is 6.31. The first-order valence-corrected chi connectivity index (χ1v) is 7.02. The van der Waals surface area contributed by atoms with Crippen LogP contribution in [0.5, 0.6) is 0 Å². The van der Waals surface area contributed by atoms with Gasteiger partial charge in [-0.05, 0) is 24.1 Å². The van der Waals surface area contributed by atoms with Crippen molar-refractivity contribution in [3.8, 4) is 0 Å². The second kappa shape index (κ2) is 7.52. The van der Waals surface area contributed by atoms with Gasteiger partial charge < -0.3 is 4.74 Å². The predicted octanol–water partition coefficient (Wildman–Crippen LogP) is 3.24. The van der Waals surface area contributed by atoms with Gasteiger partial charge in [0, 0.05) is 17.7 Å². The van der Waals surface area contributed by atoms with E-state index in [-0.39, 0.29) is 18.0 Å². The van der Waals surface area contributed by atoms with Gasteiger partial charge in [0.15, 0.2) is 0 Å². The van der Waals surface area contributed by atoms with Crippen LogP contribution >= 0.6 is 11.6 Å². The van der Waals surface area contributed by atoms with E-state index in [1.807, 2.05) is 30.3 Å². The molecule has 0 saturated carbocycles. The first-order chi connectivity index (χ1) is 10.2. The quantitative estimate of drug-likeness (QED) is 0.636. The molecule has 0 bridgehead atoms. The summed E-state index contributed by atoms with van der Waals surface area (Å²) in [6, 6.07) is 14.0. The second-order valence-electron chi connectivity index (χ2n) is 4.74. The van der Waals surface area contributed by atoms with Crippen molar-refractivity contribution in [2.75, 3.05) is 7.11 Å². The highest BCUT2D eigenvalue weighted by Gasteiger charge is 2.24. The Morgan fingerprint density at radius 2 is 1.90 bits per heavy atom. The van der Waals surface area contributed by atoms with E-state index in [9.17, 15) is 4.39 Å². The molecule has 21 heavy (non-hydrogen) atoms. The number of nitrogens with one attached hydrogen (secondary N) is 1. The molecule has 3 N–H and O–H groups in total. The van der Waals surface area contributed by atoms with E-state index in [1.165, 1.54) is 6.07 Å². The SMILES string of the molecule is COC(c1ccccc1)C(Cc1c(F)cccc1Cl)NN. The van der Waals surface area contributed by atoms with Gasteiger partial charge in [0.2, 0.25) is 0 Å². The third-order valence-corrected chi connectivity index (χ3v) is 3.80. The zero-order valence-electron chi connectivity index (χ0n) is 11.7. The van der Waals surface area contributed by atoms with Crippen LogP contribution in [0.1, 0.15) is 17.2 Å². The largest absolute Gasteiger partial charge is 0.375 e. The normalized spacial score (nSPS) is 13.9. The Kier molecular flexibility index (Phi) is 5.70. The molecule has 5 heteroatoms. The van der Waals surface area contributed by atoms with Crippen molar-refractivity contribution < 1.29 is 9.13 Å². The van der Waals surface area contributed by atoms with Crippen molar-refractivity contribution in [3.05, 3.63) is 70.5 Å². The lowest BCUT2D eigenvalue weighted by Crippen LogP contribution is -2.42. The summed E-state index contributed by atoms with van der Waals surface area (Å²) in [5, 5.41) is 0.387. The van der Waals surface area contributed by atoms with Crippen LogP contribution < -0.4 is 11.3 Å². The topological polar surface area (TPSA) is 47.3 Å². The number of hydrogen-bond acceptors (Lipinski definition) is 3. The van der Waals surface area contributed by atoms with Crippen molar-refractivity contribution in [3.63, 3.8) is 0 Å². The number of rotatable bonds is 6. The molecule has 2 aromatic rings. The summed E-state index contributed by atoms with van der Waals surface area (Å²) in [6.07, 6.45) is 0.0296. The van der Waals surface area contributed by atoms with Crippen molar-refractivity contribution in [2.45, 2.75) is 18.6 Å². The highest BCUT2D eigenvalue weighted by Crippen LogP contribution is 2.26. The fraction of sp³-hybridized carbons (Fsp3) is 0.250. The standard InChI is InChI=1S/C16H18ClFN2O/c1-21-16(11-6-3-2-4-7-11)15(20-19)10-12-13(17)8-5-9-14(12)18/h2-9,15-16,20H,10,19H2,1H3. The molecule has 0 aromatic heterocycles. The number of hydrogen-bond donors (Lipinski definition) is 2. The monoisotopic (exact) mass is 308 g/mol. The first kappa shape index (κ1) is 15.9. The molecule has 0 aliphatic heterocycles. The van der Waals surface area contributed by atoms with Gasteiger partial charge in [0.05, 0.1) is 12.1 Å². The molecule has 2 atom stereocenters. The third kappa shape index (κ3) is 3.80. The maximum absolute atomic E-state index is 13.9. The molecule has 0 aliphatic rings. The van der Waals surface area contributed by atoms with Crippen LogP contribution in [0, 0.1) is 5.82 Å². The van der Waals surface area contributed by atoms with Crippen molar-refractivity contribution in [1.82, 2.24) is 5.43 Å². The van der Waals surface area contributed by atoms with Crippen molar-refractivity contribution >= 4 is 11.6 Å². The number of nitrogens with two attached hydrogens (primary N) is 1. The summed E-state index contributed by atoms with van der Waals surface area (Å²) < 4.78 is 19.5. The molecule has 0 heterocycles. The van der Waals surface area contributed by atoms with Gasteiger partial charge in [-0.2, -0.15) is 0 Å². The lowest BCUT2D eigenvalue weighted by Gasteiger charge is -2.26. The minimum atomic E-state index is -0.342. The molecule has 0 aliphatic carbocycles. The fourth-order valence-corrected chi connectivity index (χ4v) is 2.62. The number of hydrazine groups is 1. The van der Waals surface area contributed by atoms with E-state index in [1.54, 1.807) is 19.2 Å². The van der Waals surface area contributed by atoms with Crippen LogP contribution in [0.3, 0.4) is 0 Å². The Balaban J connectivity index is 2.26. The molecule has 2 aromatic carbocycles. The lowest BCUT2D eigenvalue weighted by atomic mass is 9.96. The average molecular weight is 309 g/mol. The molecule has 2 rings (SSSR count). The number of halogens is 2. The van der Waals surface area contributed by atoms with E-state index in [0.29, 0.717) is 17.0 Å². The number of ether oxygens (including phenoxy) is 1. The number of methoxy groups -OCH3 is 1. The molecule has 112 valence electrons. The zero-order valence-corrected chi connectivity index (χ0v) is 12.5. The summed E-state index contributed by atoms with van der Waals surface area (Å²) in [7, 11) is 1.60. The van der Waals surface area contributed by atoms with Crippen molar-refractivity contribution in [1.29, 1.82) is 0 Å². The molecule has 0 fully saturated rings. The molecule has 0 radical (unpaired) electrons. The maximum atomic E-state index is 13.9. The molecule has 3 nitrogen and oxygen atoms in total. The summed E-state index contributed by atoms with van der Waals surface area (Å²) >= 11 is 6.08.